The van der Waals surface area contributed by atoms with Gasteiger partial charge in [-0.05, 0) is 31.2 Å². The van der Waals surface area contributed by atoms with Crippen molar-refractivity contribution in [3.63, 3.8) is 0 Å². The van der Waals surface area contributed by atoms with Crippen molar-refractivity contribution in [2.24, 2.45) is 5.84 Å². The molecule has 0 spiro atoms. The smallest absolute Gasteiger partial charge is 0.0822 e. The molecule has 0 saturated heterocycles. The summed E-state index contributed by atoms with van der Waals surface area (Å²) in [7, 11) is 0. The maximum Gasteiger partial charge on any atom is 0.0822 e. The second-order valence-electron chi connectivity index (χ2n) is 2.98. The summed E-state index contributed by atoms with van der Waals surface area (Å²) in [5.74, 6) is 5.33. The Hall–Kier alpha value is -1.39. The number of nitrogens with one attached hydrogen (secondary N) is 1. The van der Waals surface area contributed by atoms with Gasteiger partial charge < -0.3 is 5.43 Å². The van der Waals surface area contributed by atoms with Crippen molar-refractivity contribution in [3.05, 3.63) is 35.3 Å². The molecule has 0 aromatic carbocycles. The van der Waals surface area contributed by atoms with Gasteiger partial charge in [0.05, 0.1) is 16.3 Å². The van der Waals surface area contributed by atoms with Gasteiger partial charge >= 0.3 is 0 Å². The predicted octanol–water partition coefficient (Wildman–Crippen LogP) is 2.40. The van der Waals surface area contributed by atoms with Crippen LogP contribution in [-0.2, 0) is 0 Å². The number of nitrogens with two attached hydrogens (primary N) is 1. The second-order valence-corrected chi connectivity index (χ2v) is 4.27. The third-order valence-corrected chi connectivity index (χ3v) is 2.94. The summed E-state index contributed by atoms with van der Waals surface area (Å²) in [4.78, 5) is 6.74. The standard InChI is InChI=1S/C10H11N3S/c1-7-2-3-10(14-7)9-6-8(13-11)4-5-12-9/h2-6H,11H2,1H3,(H,12,13). The Morgan fingerprint density at radius 2 is 2.21 bits per heavy atom. The Labute approximate surface area is 86.6 Å². The van der Waals surface area contributed by atoms with Gasteiger partial charge in [0.2, 0.25) is 0 Å². The number of pyridine rings is 1. The van der Waals surface area contributed by atoms with Crippen LogP contribution in [-0.4, -0.2) is 4.98 Å². The second kappa shape index (κ2) is 3.77. The van der Waals surface area contributed by atoms with Gasteiger partial charge in [0.15, 0.2) is 0 Å². The van der Waals surface area contributed by atoms with E-state index in [0.29, 0.717) is 0 Å². The Morgan fingerprint density at radius 1 is 1.36 bits per heavy atom. The third kappa shape index (κ3) is 1.76. The summed E-state index contributed by atoms with van der Waals surface area (Å²) in [5.41, 5.74) is 4.44. The van der Waals surface area contributed by atoms with Crippen molar-refractivity contribution >= 4 is 17.0 Å². The largest absolute Gasteiger partial charge is 0.324 e. The number of anilines is 1. The van der Waals surface area contributed by atoms with E-state index in [4.69, 9.17) is 5.84 Å². The molecule has 72 valence electrons. The lowest BCUT2D eigenvalue weighted by molar-refractivity contribution is 1.29. The summed E-state index contributed by atoms with van der Waals surface area (Å²) in [6, 6.07) is 7.93. The minimum atomic E-state index is 0.876. The summed E-state index contributed by atoms with van der Waals surface area (Å²) in [6.07, 6.45) is 1.75. The highest BCUT2D eigenvalue weighted by Crippen LogP contribution is 2.27. The minimum Gasteiger partial charge on any atom is -0.324 e. The van der Waals surface area contributed by atoms with Crippen molar-refractivity contribution < 1.29 is 0 Å². The lowest BCUT2D eigenvalue weighted by atomic mass is 10.3. The number of hydrazine groups is 1. The molecule has 2 heterocycles. The molecular formula is C10H11N3S. The van der Waals surface area contributed by atoms with Crippen LogP contribution in [0, 0.1) is 6.92 Å². The molecule has 0 unspecified atom stereocenters. The molecule has 0 aliphatic carbocycles. The summed E-state index contributed by atoms with van der Waals surface area (Å²) >= 11 is 1.73. The molecule has 0 amide bonds. The van der Waals surface area contributed by atoms with E-state index < -0.39 is 0 Å². The number of aryl methyl sites for hydroxylation is 1. The molecule has 14 heavy (non-hydrogen) atoms. The highest BCUT2D eigenvalue weighted by Gasteiger charge is 2.02. The molecule has 0 bridgehead atoms. The quantitative estimate of drug-likeness (QED) is 0.584. The topological polar surface area (TPSA) is 50.9 Å². The summed E-state index contributed by atoms with van der Waals surface area (Å²) in [6.45, 7) is 2.08. The van der Waals surface area contributed by atoms with Crippen molar-refractivity contribution in [3.8, 4) is 10.6 Å². The number of nitrogens with zero attached hydrogens (tertiary/aromatic N) is 1. The molecule has 3 nitrogen and oxygen atoms in total. The molecule has 0 fully saturated rings. The highest BCUT2D eigenvalue weighted by atomic mass is 32.1. The first-order valence-electron chi connectivity index (χ1n) is 4.29. The summed E-state index contributed by atoms with van der Waals surface area (Å²) in [5, 5.41) is 0. The predicted molar refractivity (Wildman–Crippen MR) is 60.1 cm³/mol. The molecule has 2 rings (SSSR count). The van der Waals surface area contributed by atoms with E-state index in [9.17, 15) is 0 Å². The van der Waals surface area contributed by atoms with E-state index in [1.807, 2.05) is 12.1 Å². The molecule has 0 radical (unpaired) electrons. The number of thiophene rings is 1. The molecule has 0 atom stereocenters. The van der Waals surface area contributed by atoms with E-state index >= 15 is 0 Å². The Bertz CT molecular complexity index is 436. The Morgan fingerprint density at radius 3 is 2.86 bits per heavy atom. The zero-order valence-electron chi connectivity index (χ0n) is 7.82. The van der Waals surface area contributed by atoms with Crippen molar-refractivity contribution in [2.75, 3.05) is 5.43 Å². The number of rotatable bonds is 2. The zero-order valence-corrected chi connectivity index (χ0v) is 8.64. The number of nitrogen functional groups attached to an aromatic ring is 1. The average Bonchev–Trinajstić information content (AvgIpc) is 2.65. The third-order valence-electron chi connectivity index (χ3n) is 1.92. The molecule has 0 saturated carbocycles. The first-order valence-corrected chi connectivity index (χ1v) is 5.11. The van der Waals surface area contributed by atoms with E-state index in [-0.39, 0.29) is 0 Å². The van der Waals surface area contributed by atoms with Gasteiger partial charge in [-0.2, -0.15) is 0 Å². The van der Waals surface area contributed by atoms with Crippen LogP contribution in [0.5, 0.6) is 0 Å². The first-order chi connectivity index (χ1) is 6.79. The highest BCUT2D eigenvalue weighted by molar-refractivity contribution is 7.15. The molecule has 0 aliphatic rings. The fourth-order valence-corrected chi connectivity index (χ4v) is 2.06. The van der Waals surface area contributed by atoms with Crippen molar-refractivity contribution in [1.29, 1.82) is 0 Å². The van der Waals surface area contributed by atoms with Gasteiger partial charge in [0.25, 0.3) is 0 Å². The fourth-order valence-electron chi connectivity index (χ4n) is 1.23. The van der Waals surface area contributed by atoms with Crippen molar-refractivity contribution in [1.82, 2.24) is 4.98 Å². The van der Waals surface area contributed by atoms with Crippen LogP contribution < -0.4 is 11.3 Å². The van der Waals surface area contributed by atoms with Gasteiger partial charge in [-0.3, -0.25) is 10.8 Å². The van der Waals surface area contributed by atoms with Crippen LogP contribution >= 0.6 is 11.3 Å². The lowest BCUT2D eigenvalue weighted by Gasteiger charge is -2.00. The molecular weight excluding hydrogens is 194 g/mol. The zero-order chi connectivity index (χ0) is 9.97. The van der Waals surface area contributed by atoms with Gasteiger partial charge in [-0.15, -0.1) is 11.3 Å². The van der Waals surface area contributed by atoms with Gasteiger partial charge in [-0.25, -0.2) is 0 Å². The number of hydrogen-bond donors (Lipinski definition) is 2. The number of hydrogen-bond acceptors (Lipinski definition) is 4. The molecule has 0 aliphatic heterocycles. The van der Waals surface area contributed by atoms with Crippen LogP contribution in [0.2, 0.25) is 0 Å². The van der Waals surface area contributed by atoms with Crippen LogP contribution in [0.4, 0.5) is 5.69 Å². The van der Waals surface area contributed by atoms with E-state index in [0.717, 1.165) is 11.4 Å². The van der Waals surface area contributed by atoms with Crippen LogP contribution in [0.25, 0.3) is 10.6 Å². The maximum absolute atomic E-state index is 5.33. The minimum absolute atomic E-state index is 0.876. The van der Waals surface area contributed by atoms with Crippen LogP contribution in [0.3, 0.4) is 0 Å². The Kier molecular flexibility index (Phi) is 2.47. The monoisotopic (exact) mass is 205 g/mol. The van der Waals surface area contributed by atoms with Gasteiger partial charge in [0.1, 0.15) is 0 Å². The van der Waals surface area contributed by atoms with Crippen LogP contribution in [0.15, 0.2) is 30.5 Å². The van der Waals surface area contributed by atoms with Crippen molar-refractivity contribution in [2.45, 2.75) is 6.92 Å². The normalized spacial score (nSPS) is 10.1. The maximum atomic E-state index is 5.33. The van der Waals surface area contributed by atoms with Gasteiger partial charge in [-0.1, -0.05) is 0 Å². The Balaban J connectivity index is 2.41. The lowest BCUT2D eigenvalue weighted by Crippen LogP contribution is -2.06. The fraction of sp³-hybridized carbons (Fsp3) is 0.100. The van der Waals surface area contributed by atoms with E-state index in [2.05, 4.69) is 29.5 Å². The SMILES string of the molecule is Cc1ccc(-c2cc(NN)ccn2)s1. The molecule has 4 heteroatoms. The van der Waals surface area contributed by atoms with E-state index in [1.165, 1.54) is 9.75 Å². The summed E-state index contributed by atoms with van der Waals surface area (Å²) < 4.78 is 0. The first kappa shape index (κ1) is 9.18. The molecule has 2 aromatic rings. The average molecular weight is 205 g/mol. The molecule has 3 N–H and O–H groups in total. The van der Waals surface area contributed by atoms with Gasteiger partial charge in [0, 0.05) is 11.1 Å². The number of aromatic nitrogens is 1. The van der Waals surface area contributed by atoms with E-state index in [1.54, 1.807) is 17.5 Å². The molecule has 2 aromatic heterocycles. The van der Waals surface area contributed by atoms with Crippen LogP contribution in [0.1, 0.15) is 4.88 Å².